The highest BCUT2D eigenvalue weighted by Crippen LogP contribution is 2.37. The average molecular weight is 436 g/mol. The van der Waals surface area contributed by atoms with Gasteiger partial charge in [-0.05, 0) is 38.5 Å². The third-order valence-corrected chi connectivity index (χ3v) is 5.79. The molecule has 0 bridgehead atoms. The van der Waals surface area contributed by atoms with Crippen LogP contribution in [0.3, 0.4) is 0 Å². The molecule has 0 saturated carbocycles. The summed E-state index contributed by atoms with van der Waals surface area (Å²) in [4.78, 5) is 55.5. The van der Waals surface area contributed by atoms with E-state index in [-0.39, 0.29) is 28.1 Å². The molecular formula is C23H21N3O4S. The summed E-state index contributed by atoms with van der Waals surface area (Å²) in [6, 6.07) is 15.7. The molecule has 3 aromatic rings. The van der Waals surface area contributed by atoms with E-state index in [0.717, 1.165) is 11.8 Å². The van der Waals surface area contributed by atoms with E-state index < -0.39 is 10.9 Å². The Hall–Kier alpha value is -3.52. The lowest BCUT2D eigenvalue weighted by Gasteiger charge is -2.18. The standard InChI is InChI=1S/C23H21N3O4S/c1-13-19(15(3)28)22(26-23(30)24-13)31-20(16-8-5-4-6-9-16)21(29)25-18-11-7-10-17(12-18)14(2)27/h4-12,20H,1-3H3,(H,25,29)(H,24,26,30). The number of amides is 1. The minimum absolute atomic E-state index is 0.112. The summed E-state index contributed by atoms with van der Waals surface area (Å²) in [5.41, 5.74) is 1.72. The minimum atomic E-state index is -0.783. The first-order valence-electron chi connectivity index (χ1n) is 9.51. The largest absolute Gasteiger partial charge is 0.346 e. The Morgan fingerprint density at radius 2 is 1.71 bits per heavy atom. The number of aryl methyl sites for hydroxylation is 1. The van der Waals surface area contributed by atoms with Gasteiger partial charge in [-0.25, -0.2) is 4.79 Å². The second kappa shape index (κ2) is 9.53. The maximum Gasteiger partial charge on any atom is 0.346 e. The van der Waals surface area contributed by atoms with E-state index in [1.54, 1.807) is 55.5 Å². The van der Waals surface area contributed by atoms with Gasteiger partial charge in [-0.2, -0.15) is 4.98 Å². The lowest BCUT2D eigenvalue weighted by atomic mass is 10.1. The van der Waals surface area contributed by atoms with Gasteiger partial charge in [0.05, 0.1) is 5.56 Å². The third kappa shape index (κ3) is 5.35. The second-order valence-corrected chi connectivity index (χ2v) is 8.03. The van der Waals surface area contributed by atoms with Gasteiger partial charge in [0.1, 0.15) is 10.3 Å². The number of nitrogens with one attached hydrogen (secondary N) is 2. The van der Waals surface area contributed by atoms with Crippen LogP contribution in [0.25, 0.3) is 0 Å². The number of aromatic amines is 1. The number of carbonyl (C=O) groups excluding carboxylic acids is 3. The average Bonchev–Trinajstić information content (AvgIpc) is 2.72. The van der Waals surface area contributed by atoms with Crippen LogP contribution >= 0.6 is 11.8 Å². The van der Waals surface area contributed by atoms with Crippen LogP contribution in [-0.4, -0.2) is 27.4 Å². The van der Waals surface area contributed by atoms with Crippen molar-refractivity contribution >= 4 is 34.9 Å². The zero-order valence-corrected chi connectivity index (χ0v) is 18.1. The molecule has 158 valence electrons. The number of hydrogen-bond acceptors (Lipinski definition) is 6. The summed E-state index contributed by atoms with van der Waals surface area (Å²) < 4.78 is 0. The van der Waals surface area contributed by atoms with E-state index in [1.807, 2.05) is 6.07 Å². The van der Waals surface area contributed by atoms with E-state index in [2.05, 4.69) is 15.3 Å². The van der Waals surface area contributed by atoms with Crippen LogP contribution in [0.15, 0.2) is 64.4 Å². The maximum absolute atomic E-state index is 13.2. The summed E-state index contributed by atoms with van der Waals surface area (Å²) in [5.74, 6) is -0.740. The molecule has 0 saturated heterocycles. The molecule has 0 aliphatic heterocycles. The monoisotopic (exact) mass is 435 g/mol. The number of hydrogen-bond donors (Lipinski definition) is 2. The van der Waals surface area contributed by atoms with Crippen molar-refractivity contribution in [2.75, 3.05) is 5.32 Å². The second-order valence-electron chi connectivity index (χ2n) is 6.94. The van der Waals surface area contributed by atoms with Crippen LogP contribution in [0.5, 0.6) is 0 Å². The van der Waals surface area contributed by atoms with Crippen LogP contribution in [-0.2, 0) is 4.79 Å². The smallest absolute Gasteiger partial charge is 0.325 e. The molecule has 1 amide bonds. The molecule has 1 aromatic heterocycles. The van der Waals surface area contributed by atoms with Gasteiger partial charge >= 0.3 is 5.69 Å². The normalized spacial score (nSPS) is 11.6. The fourth-order valence-corrected chi connectivity index (χ4v) is 4.33. The molecule has 0 aliphatic rings. The maximum atomic E-state index is 13.2. The van der Waals surface area contributed by atoms with Crippen LogP contribution in [0.1, 0.15) is 51.1 Å². The molecule has 1 unspecified atom stereocenters. The van der Waals surface area contributed by atoms with Crippen molar-refractivity contribution in [2.45, 2.75) is 31.0 Å². The van der Waals surface area contributed by atoms with Crippen LogP contribution < -0.4 is 11.0 Å². The summed E-state index contributed by atoms with van der Waals surface area (Å²) in [5, 5.41) is 2.23. The highest BCUT2D eigenvalue weighted by molar-refractivity contribution is 8.00. The number of thioether (sulfide) groups is 1. The van der Waals surface area contributed by atoms with Gasteiger partial charge in [0, 0.05) is 16.9 Å². The van der Waals surface area contributed by atoms with Crippen molar-refractivity contribution in [3.05, 3.63) is 87.5 Å². The molecule has 0 aliphatic carbocycles. The number of Topliss-reactive ketones (excluding diaryl/α,β-unsaturated/α-hetero) is 2. The number of rotatable bonds is 7. The minimum Gasteiger partial charge on any atom is -0.325 e. The predicted molar refractivity (Wildman–Crippen MR) is 120 cm³/mol. The molecule has 0 spiro atoms. The topological polar surface area (TPSA) is 109 Å². The summed E-state index contributed by atoms with van der Waals surface area (Å²) >= 11 is 1.03. The Kier molecular flexibility index (Phi) is 6.81. The molecule has 3 rings (SSSR count). The number of nitrogens with zero attached hydrogens (tertiary/aromatic N) is 1. The molecule has 31 heavy (non-hydrogen) atoms. The van der Waals surface area contributed by atoms with E-state index in [0.29, 0.717) is 22.5 Å². The number of ketones is 2. The number of H-pyrrole nitrogens is 1. The van der Waals surface area contributed by atoms with Gasteiger partial charge in [0.2, 0.25) is 5.91 Å². The highest BCUT2D eigenvalue weighted by atomic mass is 32.2. The van der Waals surface area contributed by atoms with Gasteiger partial charge in [0.25, 0.3) is 0 Å². The number of benzene rings is 2. The molecular weight excluding hydrogens is 414 g/mol. The molecule has 1 heterocycles. The van der Waals surface area contributed by atoms with Crippen molar-refractivity contribution in [3.63, 3.8) is 0 Å². The van der Waals surface area contributed by atoms with Crippen molar-refractivity contribution in [2.24, 2.45) is 0 Å². The van der Waals surface area contributed by atoms with Crippen molar-refractivity contribution in [1.29, 1.82) is 0 Å². The molecule has 7 nitrogen and oxygen atoms in total. The van der Waals surface area contributed by atoms with Gasteiger partial charge in [0.15, 0.2) is 11.6 Å². The summed E-state index contributed by atoms with van der Waals surface area (Å²) in [7, 11) is 0. The van der Waals surface area contributed by atoms with E-state index >= 15 is 0 Å². The van der Waals surface area contributed by atoms with Crippen LogP contribution in [0, 0.1) is 6.92 Å². The zero-order valence-electron chi connectivity index (χ0n) is 17.3. The Balaban J connectivity index is 2.00. The van der Waals surface area contributed by atoms with Crippen LogP contribution in [0.4, 0.5) is 5.69 Å². The molecule has 1 atom stereocenters. The van der Waals surface area contributed by atoms with Gasteiger partial charge in [-0.15, -0.1) is 0 Å². The third-order valence-electron chi connectivity index (χ3n) is 4.55. The summed E-state index contributed by atoms with van der Waals surface area (Å²) in [6.45, 7) is 4.46. The molecule has 0 fully saturated rings. The van der Waals surface area contributed by atoms with Crippen molar-refractivity contribution < 1.29 is 14.4 Å². The predicted octanol–water partition coefficient (Wildman–Crippen LogP) is 3.96. The lowest BCUT2D eigenvalue weighted by molar-refractivity contribution is -0.115. The Labute approximate surface area is 183 Å². The SMILES string of the molecule is CC(=O)c1cccc(NC(=O)C(Sc2nc(=O)[nH]c(C)c2C(C)=O)c2ccccc2)c1. The first-order valence-corrected chi connectivity index (χ1v) is 10.4. The zero-order chi connectivity index (χ0) is 22.5. The first-order chi connectivity index (χ1) is 14.8. The molecule has 2 aromatic carbocycles. The summed E-state index contributed by atoms with van der Waals surface area (Å²) in [6.07, 6.45) is 0. The van der Waals surface area contributed by atoms with Gasteiger partial charge in [-0.1, -0.05) is 54.2 Å². The number of aromatic nitrogens is 2. The fraction of sp³-hybridized carbons (Fsp3) is 0.174. The van der Waals surface area contributed by atoms with Crippen molar-refractivity contribution in [1.82, 2.24) is 9.97 Å². The van der Waals surface area contributed by atoms with Crippen LogP contribution in [0.2, 0.25) is 0 Å². The molecule has 0 radical (unpaired) electrons. The van der Waals surface area contributed by atoms with Crippen molar-refractivity contribution in [3.8, 4) is 0 Å². The van der Waals surface area contributed by atoms with E-state index in [9.17, 15) is 19.2 Å². The van der Waals surface area contributed by atoms with Gasteiger partial charge in [-0.3, -0.25) is 14.4 Å². The quantitative estimate of drug-likeness (QED) is 0.330. The first kappa shape index (κ1) is 22.2. The number of anilines is 1. The number of carbonyl (C=O) groups is 3. The Morgan fingerprint density at radius 3 is 2.35 bits per heavy atom. The lowest BCUT2D eigenvalue weighted by Crippen LogP contribution is -2.22. The highest BCUT2D eigenvalue weighted by Gasteiger charge is 2.26. The Bertz CT molecular complexity index is 1200. The molecule has 2 N–H and O–H groups in total. The molecule has 8 heteroatoms. The van der Waals surface area contributed by atoms with E-state index in [1.165, 1.54) is 13.8 Å². The van der Waals surface area contributed by atoms with Gasteiger partial charge < -0.3 is 10.3 Å². The van der Waals surface area contributed by atoms with E-state index in [4.69, 9.17) is 0 Å². The fourth-order valence-electron chi connectivity index (χ4n) is 3.10. The Morgan fingerprint density at radius 1 is 1.00 bits per heavy atom.